The molecule has 0 saturated heterocycles. The summed E-state index contributed by atoms with van der Waals surface area (Å²) in [4.78, 5) is 0. The minimum atomic E-state index is -2.20. The van der Waals surface area contributed by atoms with E-state index in [1.165, 1.54) is 0 Å². The van der Waals surface area contributed by atoms with Crippen LogP contribution >= 0.6 is 16.8 Å². The van der Waals surface area contributed by atoms with Crippen molar-refractivity contribution in [2.24, 2.45) is 0 Å². The van der Waals surface area contributed by atoms with Crippen LogP contribution in [0.3, 0.4) is 0 Å². The largest absolute Gasteiger partial charge is 0.312 e. The fourth-order valence-corrected chi connectivity index (χ4v) is 2.01. The van der Waals surface area contributed by atoms with Gasteiger partial charge in [0.1, 0.15) is 0 Å². The summed E-state index contributed by atoms with van der Waals surface area (Å²) in [6.45, 7) is 3.74. The fourth-order valence-electron chi connectivity index (χ4n) is 0.373. The molecule has 5 heteroatoms. The summed E-state index contributed by atoms with van der Waals surface area (Å²) in [5, 5.41) is 0. The number of hydrogen-bond acceptors (Lipinski definition) is 2. The Morgan fingerprint density at radius 3 is 1.78 bits per heavy atom. The van der Waals surface area contributed by atoms with Crippen LogP contribution in [-0.2, 0) is 8.88 Å². The highest BCUT2D eigenvalue weighted by Crippen LogP contribution is 2.47. The quantitative estimate of drug-likeness (QED) is 0.481. The summed E-state index contributed by atoms with van der Waals surface area (Å²) in [5.41, 5.74) is 0. The van der Waals surface area contributed by atoms with Gasteiger partial charge in [-0.05, 0) is 0 Å². The van der Waals surface area contributed by atoms with Gasteiger partial charge in [-0.15, -0.1) is 0 Å². The zero-order valence-electron chi connectivity index (χ0n) is 5.26. The van der Waals surface area contributed by atoms with Crippen LogP contribution in [0, 0.1) is 0 Å². The molecular weight excluding hydrogens is 169 g/mol. The Morgan fingerprint density at radius 1 is 1.44 bits per heavy atom. The lowest BCUT2D eigenvalue weighted by Crippen LogP contribution is -1.86. The highest BCUT2D eigenvalue weighted by molar-refractivity contribution is 7.62. The molecule has 0 heterocycles. The predicted octanol–water partition coefficient (Wildman–Crippen LogP) is 0.927. The first-order valence-electron chi connectivity index (χ1n) is 2.65. The van der Waals surface area contributed by atoms with E-state index in [0.717, 1.165) is 0 Å². The molecule has 0 amide bonds. The van der Waals surface area contributed by atoms with Crippen molar-refractivity contribution in [3.63, 3.8) is 0 Å². The minimum absolute atomic E-state index is 0. The normalized spacial score (nSPS) is 10.6. The maximum atomic E-state index is 11.1. The summed E-state index contributed by atoms with van der Waals surface area (Å²) >= 11 is 0. The molecule has 9 heavy (non-hydrogen) atoms. The highest BCUT2D eigenvalue weighted by atomic mass is 31.2. The molecule has 0 saturated carbocycles. The van der Waals surface area contributed by atoms with Gasteiger partial charge < -0.3 is 4.31 Å². The minimum Gasteiger partial charge on any atom is -0.312 e. The molecule has 0 aromatic carbocycles. The van der Waals surface area contributed by atoms with Crippen molar-refractivity contribution in [1.82, 2.24) is 0 Å². The van der Waals surface area contributed by atoms with Crippen molar-refractivity contribution in [2.45, 2.75) is 13.8 Å². The van der Waals surface area contributed by atoms with Gasteiger partial charge in [0.2, 0.25) is 7.37 Å². The van der Waals surface area contributed by atoms with Crippen LogP contribution < -0.4 is 0 Å². The second kappa shape index (κ2) is 5.90. The molecule has 2 nitrogen and oxygen atoms in total. The Hall–Kier alpha value is 1.15. The average Bonchev–Trinajstić information content (AvgIpc) is 1.87. The molecule has 56 valence electrons. The van der Waals surface area contributed by atoms with Gasteiger partial charge in [-0.25, -0.2) is 0 Å². The topological polar surface area (TPSA) is 26.3 Å². The van der Waals surface area contributed by atoms with Crippen molar-refractivity contribution in [2.75, 3.05) is 12.3 Å². The van der Waals surface area contributed by atoms with Crippen LogP contribution in [0.2, 0.25) is 0 Å². The van der Waals surface area contributed by atoms with Crippen molar-refractivity contribution in [3.8, 4) is 0 Å². The molecule has 0 aromatic heterocycles. The molecule has 0 rings (SSSR count). The first kappa shape index (κ1) is 12.8. The number of hydrogen-bond donors (Lipinski definition) is 0. The average molecular weight is 184 g/mol. The Labute approximate surface area is 69.6 Å². The summed E-state index contributed by atoms with van der Waals surface area (Å²) < 4.78 is 15.8. The van der Waals surface area contributed by atoms with Crippen molar-refractivity contribution in [3.05, 3.63) is 0 Å². The molecule has 0 N–H and O–H groups in total. The Balaban J connectivity index is 0. The standard InChI is InChI=1S/C4H12O2P2.Al.3H/c1-3-8(5,4-2)6-7;;;;/h3-4,7H2,1-2H3;;;;. The summed E-state index contributed by atoms with van der Waals surface area (Å²) in [7, 11) is -0.148. The second-order valence-corrected chi connectivity index (χ2v) is 5.29. The van der Waals surface area contributed by atoms with Crippen LogP contribution in [0.25, 0.3) is 0 Å². The molecular formula is C4H15AlO2P2. The Morgan fingerprint density at radius 2 is 1.78 bits per heavy atom. The summed E-state index contributed by atoms with van der Waals surface area (Å²) in [5.74, 6) is 0. The molecule has 1 atom stereocenters. The monoisotopic (exact) mass is 184 g/mol. The highest BCUT2D eigenvalue weighted by Gasteiger charge is 2.13. The van der Waals surface area contributed by atoms with E-state index in [1.807, 2.05) is 13.8 Å². The van der Waals surface area contributed by atoms with Gasteiger partial charge in [-0.2, -0.15) is 0 Å². The molecule has 0 aromatic rings. The predicted molar refractivity (Wildman–Crippen MR) is 49.4 cm³/mol. The van der Waals surface area contributed by atoms with E-state index in [-0.39, 0.29) is 17.4 Å². The molecule has 0 aliphatic heterocycles. The SMILES string of the molecule is CCP(=O)(CC)OP.[AlH3]. The van der Waals surface area contributed by atoms with E-state index in [4.69, 9.17) is 4.31 Å². The van der Waals surface area contributed by atoms with Crippen LogP contribution in [0.4, 0.5) is 0 Å². The second-order valence-electron chi connectivity index (χ2n) is 1.55. The lowest BCUT2D eigenvalue weighted by atomic mass is 11.0. The van der Waals surface area contributed by atoms with Gasteiger partial charge in [0.25, 0.3) is 0 Å². The molecule has 0 radical (unpaired) electrons. The smallest absolute Gasteiger partial charge is 0.205 e. The van der Waals surface area contributed by atoms with E-state index in [2.05, 4.69) is 9.47 Å². The Kier molecular flexibility index (Phi) is 8.39. The molecule has 0 bridgehead atoms. The van der Waals surface area contributed by atoms with Crippen LogP contribution in [0.15, 0.2) is 0 Å². The third-order valence-corrected chi connectivity index (χ3v) is 4.62. The molecule has 0 aliphatic rings. The van der Waals surface area contributed by atoms with Gasteiger partial charge in [0.05, 0.1) is 0 Å². The molecule has 0 aliphatic carbocycles. The lowest BCUT2D eigenvalue weighted by Gasteiger charge is -2.08. The maximum Gasteiger partial charge on any atom is 0.205 e. The van der Waals surface area contributed by atoms with E-state index in [9.17, 15) is 4.57 Å². The summed E-state index contributed by atoms with van der Waals surface area (Å²) in [6.07, 6.45) is 1.26. The first-order valence-corrected chi connectivity index (χ1v) is 5.11. The van der Waals surface area contributed by atoms with Gasteiger partial charge in [-0.1, -0.05) is 13.8 Å². The van der Waals surface area contributed by atoms with Gasteiger partial charge >= 0.3 is 0 Å². The van der Waals surface area contributed by atoms with Crippen LogP contribution in [0.1, 0.15) is 13.8 Å². The van der Waals surface area contributed by atoms with Crippen LogP contribution in [0.5, 0.6) is 0 Å². The van der Waals surface area contributed by atoms with Gasteiger partial charge in [0.15, 0.2) is 17.4 Å². The first-order chi connectivity index (χ1) is 3.68. The zero-order chi connectivity index (χ0) is 6.62. The molecule has 0 spiro atoms. The van der Waals surface area contributed by atoms with E-state index in [0.29, 0.717) is 12.3 Å². The zero-order valence-corrected chi connectivity index (χ0v) is 7.30. The maximum absolute atomic E-state index is 11.1. The van der Waals surface area contributed by atoms with E-state index in [1.54, 1.807) is 0 Å². The van der Waals surface area contributed by atoms with Gasteiger partial charge in [-0.3, -0.25) is 4.57 Å². The number of rotatable bonds is 3. The fraction of sp³-hybridized carbons (Fsp3) is 1.00. The molecule has 0 fully saturated rings. The van der Waals surface area contributed by atoms with E-state index >= 15 is 0 Å². The van der Waals surface area contributed by atoms with Crippen LogP contribution in [-0.4, -0.2) is 29.7 Å². The van der Waals surface area contributed by atoms with Gasteiger partial charge in [0, 0.05) is 21.8 Å². The Bertz CT molecular complexity index is 87.7. The third-order valence-electron chi connectivity index (χ3n) is 1.16. The van der Waals surface area contributed by atoms with E-state index < -0.39 is 7.37 Å². The van der Waals surface area contributed by atoms with Crippen molar-refractivity contribution in [1.29, 1.82) is 0 Å². The van der Waals surface area contributed by atoms with Crippen molar-refractivity contribution >= 4 is 34.2 Å². The van der Waals surface area contributed by atoms with Crippen molar-refractivity contribution < 1.29 is 8.88 Å². The third kappa shape index (κ3) is 4.54. The lowest BCUT2D eigenvalue weighted by molar-refractivity contribution is 0.513. The summed E-state index contributed by atoms with van der Waals surface area (Å²) in [6, 6.07) is 0. The molecule has 1 unspecified atom stereocenters.